The highest BCUT2D eigenvalue weighted by Gasteiger charge is 2.29. The highest BCUT2D eigenvalue weighted by atomic mass is 32.2. The molecular weight excluding hydrogens is 450 g/mol. The lowest BCUT2D eigenvalue weighted by molar-refractivity contribution is 0.0668. The summed E-state index contributed by atoms with van der Waals surface area (Å²) < 4.78 is 17.1. The summed E-state index contributed by atoms with van der Waals surface area (Å²) in [5.41, 5.74) is 2.10. The quantitative estimate of drug-likeness (QED) is 0.329. The normalized spacial score (nSPS) is 20.4. The molecule has 0 N–H and O–H groups in total. The largest absolute Gasteiger partial charge is 0.426 e. The van der Waals surface area contributed by atoms with E-state index >= 15 is 0 Å². The molecule has 2 aromatic heterocycles. The first-order chi connectivity index (χ1) is 16.7. The van der Waals surface area contributed by atoms with Crippen LogP contribution in [0.4, 0.5) is 0 Å². The zero-order valence-electron chi connectivity index (χ0n) is 19.3. The molecule has 0 radical (unpaired) electrons. The summed E-state index contributed by atoms with van der Waals surface area (Å²) in [7, 11) is 0. The molecule has 34 heavy (non-hydrogen) atoms. The molecule has 178 valence electrons. The second-order valence-electron chi connectivity index (χ2n) is 8.79. The Kier molecular flexibility index (Phi) is 7.16. The van der Waals surface area contributed by atoms with Gasteiger partial charge in [0, 0.05) is 43.6 Å². The number of piperidine rings is 1. The topological polar surface area (TPSA) is 77.7 Å². The van der Waals surface area contributed by atoms with E-state index in [2.05, 4.69) is 4.98 Å². The van der Waals surface area contributed by atoms with E-state index in [-0.39, 0.29) is 11.8 Å². The van der Waals surface area contributed by atoms with Gasteiger partial charge >= 0.3 is 0 Å². The van der Waals surface area contributed by atoms with Crippen LogP contribution in [0.5, 0.6) is 11.7 Å². The van der Waals surface area contributed by atoms with E-state index in [1.165, 1.54) is 0 Å². The second kappa shape index (κ2) is 10.6. The number of hydrogen-bond acceptors (Lipinski definition) is 7. The number of likely N-dealkylation sites (tertiary alicyclic amines) is 1. The molecule has 0 saturated carbocycles. The Morgan fingerprint density at radius 2 is 2.06 bits per heavy atom. The average molecular weight is 480 g/mol. The minimum absolute atomic E-state index is 0.118. The number of amides is 1. The van der Waals surface area contributed by atoms with Crippen LogP contribution in [-0.2, 0) is 4.74 Å². The predicted octanol–water partition coefficient (Wildman–Crippen LogP) is 5.46. The van der Waals surface area contributed by atoms with Gasteiger partial charge in [0.1, 0.15) is 5.75 Å². The van der Waals surface area contributed by atoms with Crippen LogP contribution in [-0.4, -0.2) is 52.3 Å². The summed E-state index contributed by atoms with van der Waals surface area (Å²) in [6.45, 7) is 4.22. The van der Waals surface area contributed by atoms with Crippen LogP contribution in [0.2, 0.25) is 0 Å². The third-order valence-corrected chi connectivity index (χ3v) is 7.25. The van der Waals surface area contributed by atoms with Crippen LogP contribution < -0.4 is 4.74 Å². The molecular formula is C26H29N3O4S. The zero-order valence-corrected chi connectivity index (χ0v) is 20.1. The van der Waals surface area contributed by atoms with Crippen molar-refractivity contribution in [2.24, 2.45) is 0 Å². The number of carbonyl (C=O) groups excluding carboxylic acids is 1. The predicted molar refractivity (Wildman–Crippen MR) is 130 cm³/mol. The van der Waals surface area contributed by atoms with Crippen LogP contribution >= 0.6 is 11.8 Å². The van der Waals surface area contributed by atoms with Gasteiger partial charge in [0.25, 0.3) is 11.9 Å². The Hall–Kier alpha value is -2.84. The van der Waals surface area contributed by atoms with Crippen LogP contribution in [0.25, 0.3) is 0 Å². The first-order valence-corrected chi connectivity index (χ1v) is 12.8. The molecule has 4 heterocycles. The monoisotopic (exact) mass is 479 g/mol. The van der Waals surface area contributed by atoms with Crippen molar-refractivity contribution in [3.63, 3.8) is 0 Å². The van der Waals surface area contributed by atoms with E-state index in [4.69, 9.17) is 18.9 Å². The molecule has 2 fully saturated rings. The molecule has 8 heteroatoms. The van der Waals surface area contributed by atoms with Gasteiger partial charge in [0.05, 0.1) is 11.8 Å². The van der Waals surface area contributed by atoms with Crippen LogP contribution in [0.1, 0.15) is 53.4 Å². The van der Waals surface area contributed by atoms with E-state index in [9.17, 15) is 4.79 Å². The fraction of sp³-hybridized carbons (Fsp3) is 0.423. The van der Waals surface area contributed by atoms with Crippen LogP contribution in [0.3, 0.4) is 0 Å². The summed E-state index contributed by atoms with van der Waals surface area (Å²) in [5, 5.41) is 0.785. The molecule has 0 bridgehead atoms. The highest BCUT2D eigenvalue weighted by Crippen LogP contribution is 2.31. The molecule has 1 aromatic carbocycles. The molecule has 1 amide bonds. The van der Waals surface area contributed by atoms with Crippen molar-refractivity contribution in [2.75, 3.05) is 25.4 Å². The number of ether oxygens (including phenoxy) is 2. The summed E-state index contributed by atoms with van der Waals surface area (Å²) in [6.07, 6.45) is 6.36. The number of aromatic nitrogens is 2. The number of benzene rings is 1. The van der Waals surface area contributed by atoms with E-state index in [1.807, 2.05) is 48.4 Å². The fourth-order valence-electron chi connectivity index (χ4n) is 4.50. The molecule has 0 spiro atoms. The summed E-state index contributed by atoms with van der Waals surface area (Å²) in [5.74, 6) is 2.21. The summed E-state index contributed by atoms with van der Waals surface area (Å²) in [6, 6.07) is 12.8. The smallest absolute Gasteiger partial charge is 0.290 e. The fourth-order valence-corrected chi connectivity index (χ4v) is 5.39. The van der Waals surface area contributed by atoms with Gasteiger partial charge in [0.15, 0.2) is 10.9 Å². The van der Waals surface area contributed by atoms with Crippen molar-refractivity contribution < 1.29 is 18.7 Å². The molecule has 2 atom stereocenters. The van der Waals surface area contributed by atoms with Crippen molar-refractivity contribution in [3.8, 4) is 11.7 Å². The molecule has 2 saturated heterocycles. The lowest BCUT2D eigenvalue weighted by atomic mass is 9.92. The maximum absolute atomic E-state index is 13.2. The SMILES string of the molecule is Cc1cnc(SC[C@@H]2CCCO2)nc1[C@@H]1CCCN(C(=O)c2ccc(Oc3ccccc3)o2)C1. The van der Waals surface area contributed by atoms with Gasteiger partial charge in [-0.3, -0.25) is 4.79 Å². The first-order valence-electron chi connectivity index (χ1n) is 11.9. The van der Waals surface area contributed by atoms with Crippen molar-refractivity contribution >= 4 is 17.7 Å². The van der Waals surface area contributed by atoms with E-state index < -0.39 is 0 Å². The minimum atomic E-state index is -0.118. The molecule has 2 aliphatic heterocycles. The van der Waals surface area contributed by atoms with Gasteiger partial charge in [0.2, 0.25) is 0 Å². The van der Waals surface area contributed by atoms with Crippen molar-refractivity contribution in [2.45, 2.75) is 49.8 Å². The van der Waals surface area contributed by atoms with Crippen molar-refractivity contribution in [1.82, 2.24) is 14.9 Å². The maximum atomic E-state index is 13.2. The molecule has 3 aromatic rings. The Morgan fingerprint density at radius 1 is 1.18 bits per heavy atom. The number of nitrogens with zero attached hydrogens (tertiary/aromatic N) is 3. The highest BCUT2D eigenvalue weighted by molar-refractivity contribution is 7.99. The number of para-hydroxylation sites is 1. The van der Waals surface area contributed by atoms with Gasteiger partial charge in [-0.15, -0.1) is 0 Å². The lowest BCUT2D eigenvalue weighted by Crippen LogP contribution is -2.39. The van der Waals surface area contributed by atoms with Crippen LogP contribution in [0, 0.1) is 6.92 Å². The van der Waals surface area contributed by atoms with Crippen molar-refractivity contribution in [3.05, 3.63) is 65.7 Å². The van der Waals surface area contributed by atoms with E-state index in [0.717, 1.165) is 54.5 Å². The van der Waals surface area contributed by atoms with Gasteiger partial charge in [-0.05, 0) is 56.4 Å². The first kappa shape index (κ1) is 22.9. The molecule has 0 aliphatic carbocycles. The standard InChI is InChI=1S/C26H29N3O4S/c1-18-15-27-26(34-17-21-10-6-14-31-21)28-24(18)19-7-5-13-29(16-19)25(30)22-11-12-23(33-22)32-20-8-3-2-4-9-20/h2-4,8-9,11-12,15,19,21H,5-7,10,13-14,16-17H2,1H3/t19-,21+/m1/s1. The Labute approximate surface area is 203 Å². The molecule has 5 rings (SSSR count). The molecule has 2 aliphatic rings. The Balaban J connectivity index is 1.24. The summed E-state index contributed by atoms with van der Waals surface area (Å²) in [4.78, 5) is 24.4. The third kappa shape index (κ3) is 5.45. The Morgan fingerprint density at radius 3 is 2.88 bits per heavy atom. The van der Waals surface area contributed by atoms with Crippen molar-refractivity contribution in [1.29, 1.82) is 0 Å². The number of hydrogen-bond donors (Lipinski definition) is 0. The van der Waals surface area contributed by atoms with Crippen LogP contribution in [0.15, 0.2) is 58.2 Å². The van der Waals surface area contributed by atoms with E-state index in [1.54, 1.807) is 23.9 Å². The zero-order chi connectivity index (χ0) is 23.3. The molecule has 0 unspecified atom stereocenters. The second-order valence-corrected chi connectivity index (χ2v) is 9.78. The Bertz CT molecular complexity index is 1110. The lowest BCUT2D eigenvalue weighted by Gasteiger charge is -2.32. The number of thioether (sulfide) groups is 1. The number of carbonyl (C=O) groups is 1. The van der Waals surface area contributed by atoms with Gasteiger partial charge in [-0.2, -0.15) is 0 Å². The van der Waals surface area contributed by atoms with Gasteiger partial charge in [-0.25, -0.2) is 9.97 Å². The minimum Gasteiger partial charge on any atom is -0.426 e. The molecule has 7 nitrogen and oxygen atoms in total. The number of rotatable bonds is 7. The van der Waals surface area contributed by atoms with Gasteiger partial charge in [-0.1, -0.05) is 30.0 Å². The third-order valence-electron chi connectivity index (χ3n) is 6.26. The van der Waals surface area contributed by atoms with Gasteiger partial charge < -0.3 is 18.8 Å². The number of aryl methyl sites for hydroxylation is 1. The summed E-state index contributed by atoms with van der Waals surface area (Å²) >= 11 is 1.66. The van der Waals surface area contributed by atoms with E-state index in [0.29, 0.717) is 36.6 Å². The average Bonchev–Trinajstić information content (AvgIpc) is 3.56. The number of furan rings is 1. The maximum Gasteiger partial charge on any atom is 0.290 e.